The van der Waals surface area contributed by atoms with Crippen molar-refractivity contribution in [2.24, 2.45) is 0 Å². The molecule has 0 aliphatic carbocycles. The lowest BCUT2D eigenvalue weighted by Crippen LogP contribution is -2.27. The van der Waals surface area contributed by atoms with Crippen molar-refractivity contribution >= 4 is 57.0 Å². The highest BCUT2D eigenvalue weighted by Crippen LogP contribution is 2.36. The highest BCUT2D eigenvalue weighted by Gasteiger charge is 2.35. The van der Waals surface area contributed by atoms with Gasteiger partial charge in [-0.05, 0) is 71.8 Å². The van der Waals surface area contributed by atoms with Gasteiger partial charge in [0.25, 0.3) is 16.8 Å². The van der Waals surface area contributed by atoms with E-state index < -0.39 is 4.92 Å². The first-order valence-electron chi connectivity index (χ1n) is 11.1. The molecule has 1 fully saturated rings. The number of hydrogen-bond acceptors (Lipinski definition) is 5. The number of aromatic nitrogens is 1. The number of halogens is 1. The van der Waals surface area contributed by atoms with E-state index in [0.29, 0.717) is 10.6 Å². The molecule has 7 nitrogen and oxygen atoms in total. The van der Waals surface area contributed by atoms with Gasteiger partial charge >= 0.3 is 0 Å². The van der Waals surface area contributed by atoms with Crippen molar-refractivity contribution in [1.82, 2.24) is 9.47 Å². The van der Waals surface area contributed by atoms with Gasteiger partial charge in [-0.25, -0.2) is 0 Å². The standard InChI is InChI=1S/C27H20ClN3O4S/c1-16-12-20(17(2)30(16)21-10-11-23(28)24(14-21)31(34)35)13-25-26(32)29(27(33)36-25)15-19-8-5-7-18-6-3-4-9-22(18)19/h3-14H,15H2,1-2H3/b25-13-. The Morgan fingerprint density at radius 3 is 2.56 bits per heavy atom. The molecule has 1 aliphatic rings. The Morgan fingerprint density at radius 2 is 1.78 bits per heavy atom. The minimum absolute atomic E-state index is 0.0614. The number of benzene rings is 3. The quantitative estimate of drug-likeness (QED) is 0.161. The van der Waals surface area contributed by atoms with Crippen LogP contribution in [0.3, 0.4) is 0 Å². The molecule has 3 aromatic carbocycles. The molecule has 2 amide bonds. The number of hydrogen-bond donors (Lipinski definition) is 0. The Hall–Kier alpha value is -3.88. The Bertz CT molecular complexity index is 1600. The number of amides is 2. The first-order valence-corrected chi connectivity index (χ1v) is 12.3. The number of thioether (sulfide) groups is 1. The average molecular weight is 518 g/mol. The number of nitro benzene ring substituents is 1. The lowest BCUT2D eigenvalue weighted by atomic mass is 10.0. The minimum atomic E-state index is -0.521. The first-order chi connectivity index (χ1) is 17.2. The fourth-order valence-corrected chi connectivity index (χ4v) is 5.51. The number of carbonyl (C=O) groups excluding carboxylic acids is 2. The second-order valence-electron chi connectivity index (χ2n) is 8.46. The Labute approximate surface area is 216 Å². The van der Waals surface area contributed by atoms with Crippen molar-refractivity contribution in [3.8, 4) is 5.69 Å². The number of rotatable bonds is 5. The van der Waals surface area contributed by atoms with Gasteiger partial charge in [0.15, 0.2) is 0 Å². The molecule has 0 radical (unpaired) electrons. The third-order valence-electron chi connectivity index (χ3n) is 6.22. The van der Waals surface area contributed by atoms with Gasteiger partial charge in [-0.2, -0.15) is 0 Å². The lowest BCUT2D eigenvalue weighted by molar-refractivity contribution is -0.384. The zero-order chi connectivity index (χ0) is 25.6. The normalized spacial score (nSPS) is 14.9. The molecule has 9 heteroatoms. The van der Waals surface area contributed by atoms with E-state index in [4.69, 9.17) is 11.6 Å². The van der Waals surface area contributed by atoms with Crippen LogP contribution in [-0.2, 0) is 11.3 Å². The number of imide groups is 1. The SMILES string of the molecule is Cc1cc(/C=C2\SC(=O)N(Cc3cccc4ccccc34)C2=O)c(C)n1-c1ccc(Cl)c([N+](=O)[O-])c1. The van der Waals surface area contributed by atoms with Crippen LogP contribution in [0, 0.1) is 24.0 Å². The Morgan fingerprint density at radius 1 is 1.03 bits per heavy atom. The van der Waals surface area contributed by atoms with Gasteiger partial charge in [-0.15, -0.1) is 0 Å². The number of nitrogens with zero attached hydrogens (tertiary/aromatic N) is 3. The van der Waals surface area contributed by atoms with Gasteiger partial charge in [-0.1, -0.05) is 54.1 Å². The van der Waals surface area contributed by atoms with E-state index in [9.17, 15) is 19.7 Å². The van der Waals surface area contributed by atoms with E-state index >= 15 is 0 Å². The Kier molecular flexibility index (Phi) is 6.15. The minimum Gasteiger partial charge on any atom is -0.318 e. The third-order valence-corrected chi connectivity index (χ3v) is 7.45. The van der Waals surface area contributed by atoms with Gasteiger partial charge in [0, 0.05) is 17.5 Å². The molecule has 0 bridgehead atoms. The van der Waals surface area contributed by atoms with E-state index in [1.807, 2.05) is 66.9 Å². The second-order valence-corrected chi connectivity index (χ2v) is 9.86. The van der Waals surface area contributed by atoms with E-state index in [1.54, 1.807) is 12.1 Å². The van der Waals surface area contributed by atoms with Gasteiger partial charge in [0.05, 0.1) is 22.1 Å². The summed E-state index contributed by atoms with van der Waals surface area (Å²) in [5.74, 6) is -0.343. The van der Waals surface area contributed by atoms with Gasteiger partial charge in [0.1, 0.15) is 5.02 Å². The maximum atomic E-state index is 13.2. The number of aryl methyl sites for hydroxylation is 1. The monoisotopic (exact) mass is 517 g/mol. The van der Waals surface area contributed by atoms with Crippen LogP contribution >= 0.6 is 23.4 Å². The molecule has 1 aliphatic heterocycles. The fraction of sp³-hybridized carbons (Fsp3) is 0.111. The summed E-state index contributed by atoms with van der Waals surface area (Å²) in [4.78, 5) is 38.4. The molecule has 180 valence electrons. The first kappa shape index (κ1) is 23.8. The molecule has 0 unspecified atom stereocenters. The van der Waals surface area contributed by atoms with E-state index in [1.165, 1.54) is 17.0 Å². The molecule has 0 atom stereocenters. The summed E-state index contributed by atoms with van der Waals surface area (Å²) >= 11 is 6.88. The van der Waals surface area contributed by atoms with Crippen LogP contribution in [0.1, 0.15) is 22.5 Å². The largest absolute Gasteiger partial charge is 0.318 e. The predicted molar refractivity (Wildman–Crippen MR) is 142 cm³/mol. The summed E-state index contributed by atoms with van der Waals surface area (Å²) < 4.78 is 1.86. The molecule has 1 aromatic heterocycles. The smallest absolute Gasteiger partial charge is 0.293 e. The number of carbonyl (C=O) groups is 2. The highest BCUT2D eigenvalue weighted by molar-refractivity contribution is 8.18. The van der Waals surface area contributed by atoms with Crippen LogP contribution in [0.15, 0.2) is 71.6 Å². The molecule has 5 rings (SSSR count). The molecule has 36 heavy (non-hydrogen) atoms. The van der Waals surface area contributed by atoms with Crippen LogP contribution in [0.25, 0.3) is 22.5 Å². The molecule has 0 N–H and O–H groups in total. The topological polar surface area (TPSA) is 85.5 Å². The summed E-state index contributed by atoms with van der Waals surface area (Å²) in [5, 5.41) is 13.1. The van der Waals surface area contributed by atoms with E-state index in [0.717, 1.165) is 45.0 Å². The summed E-state index contributed by atoms with van der Waals surface area (Å²) in [6.07, 6.45) is 1.71. The van der Waals surface area contributed by atoms with Gasteiger partial charge in [0.2, 0.25) is 0 Å². The average Bonchev–Trinajstić information content (AvgIpc) is 3.28. The fourth-order valence-electron chi connectivity index (χ4n) is 4.49. The van der Waals surface area contributed by atoms with Crippen molar-refractivity contribution < 1.29 is 14.5 Å². The Balaban J connectivity index is 1.46. The van der Waals surface area contributed by atoms with Crippen LogP contribution < -0.4 is 0 Å². The summed E-state index contributed by atoms with van der Waals surface area (Å²) in [7, 11) is 0. The van der Waals surface area contributed by atoms with Gasteiger partial charge < -0.3 is 4.57 Å². The van der Waals surface area contributed by atoms with Crippen LogP contribution in [0.2, 0.25) is 5.02 Å². The summed E-state index contributed by atoms with van der Waals surface area (Å²) in [6, 6.07) is 20.2. The molecular weight excluding hydrogens is 498 g/mol. The van der Waals surface area contributed by atoms with Crippen molar-refractivity contribution in [3.05, 3.63) is 109 Å². The lowest BCUT2D eigenvalue weighted by Gasteiger charge is -2.14. The third kappa shape index (κ3) is 4.19. The molecule has 0 spiro atoms. The maximum absolute atomic E-state index is 13.2. The van der Waals surface area contributed by atoms with Crippen molar-refractivity contribution in [1.29, 1.82) is 0 Å². The maximum Gasteiger partial charge on any atom is 0.293 e. The van der Waals surface area contributed by atoms with Crippen molar-refractivity contribution in [2.45, 2.75) is 20.4 Å². The second kappa shape index (κ2) is 9.29. The van der Waals surface area contributed by atoms with Crippen LogP contribution in [0.4, 0.5) is 10.5 Å². The van der Waals surface area contributed by atoms with E-state index in [2.05, 4.69) is 0 Å². The number of nitro groups is 1. The molecule has 1 saturated heterocycles. The van der Waals surface area contributed by atoms with Gasteiger partial charge in [-0.3, -0.25) is 24.6 Å². The van der Waals surface area contributed by atoms with Crippen LogP contribution in [-0.4, -0.2) is 25.5 Å². The zero-order valence-corrected chi connectivity index (χ0v) is 21.0. The summed E-state index contributed by atoms with van der Waals surface area (Å²) in [6.45, 7) is 3.92. The van der Waals surface area contributed by atoms with Crippen LogP contribution in [0.5, 0.6) is 0 Å². The number of fused-ring (bicyclic) bond motifs is 1. The zero-order valence-electron chi connectivity index (χ0n) is 19.4. The summed E-state index contributed by atoms with van der Waals surface area (Å²) in [5.41, 5.74) is 3.66. The molecule has 0 saturated carbocycles. The molecule has 4 aromatic rings. The predicted octanol–water partition coefficient (Wildman–Crippen LogP) is 7.05. The van der Waals surface area contributed by atoms with Crippen molar-refractivity contribution in [2.75, 3.05) is 0 Å². The van der Waals surface area contributed by atoms with E-state index in [-0.39, 0.29) is 28.4 Å². The van der Waals surface area contributed by atoms with Crippen molar-refractivity contribution in [3.63, 3.8) is 0 Å². The molecule has 2 heterocycles. The molecular formula is C27H20ClN3O4S. The highest BCUT2D eigenvalue weighted by atomic mass is 35.5.